The van der Waals surface area contributed by atoms with Gasteiger partial charge in [0.25, 0.3) is 5.91 Å². The molecule has 1 heterocycles. The molecule has 142 valence electrons. The number of carboxylic acids is 1. The Morgan fingerprint density at radius 2 is 1.70 bits per heavy atom. The van der Waals surface area contributed by atoms with Crippen molar-refractivity contribution in [2.45, 2.75) is 46.1 Å². The lowest BCUT2D eigenvalue weighted by Crippen LogP contribution is -2.48. The van der Waals surface area contributed by atoms with Gasteiger partial charge in [-0.25, -0.2) is 4.79 Å². The minimum atomic E-state index is -1.06. The van der Waals surface area contributed by atoms with Gasteiger partial charge in [0.05, 0.1) is 5.56 Å². The highest BCUT2D eigenvalue weighted by atomic mass is 16.5. The van der Waals surface area contributed by atoms with Gasteiger partial charge >= 0.3 is 5.97 Å². The Hall–Kier alpha value is -3.02. The molecule has 0 spiro atoms. The van der Waals surface area contributed by atoms with Crippen LogP contribution in [0.3, 0.4) is 0 Å². The average Bonchev–Trinajstić information content (AvgIpc) is 2.65. The van der Waals surface area contributed by atoms with Gasteiger partial charge in [-0.2, -0.15) is 0 Å². The first-order valence-electron chi connectivity index (χ1n) is 8.79. The molecule has 0 radical (unpaired) electrons. The van der Waals surface area contributed by atoms with Gasteiger partial charge in [0, 0.05) is 17.7 Å². The zero-order valence-corrected chi connectivity index (χ0v) is 15.8. The number of aromatic hydroxyl groups is 1. The second kappa shape index (κ2) is 6.61. The molecule has 2 aromatic carbocycles. The standard InChI is InChI=1S/C21H23NO5/c1-11-12(2)18-16(13(3)17(11)23)9-10-21(4,27-18)20(26)22-15-7-5-14(6-8-15)19(24)25/h5-8,23H,9-10H2,1-4H3,(H,22,26)(H,24,25). The fourth-order valence-electron chi connectivity index (χ4n) is 3.37. The van der Waals surface area contributed by atoms with Crippen LogP contribution in [0.25, 0.3) is 0 Å². The van der Waals surface area contributed by atoms with Crippen molar-refractivity contribution in [3.63, 3.8) is 0 Å². The highest BCUT2D eigenvalue weighted by molar-refractivity contribution is 5.98. The van der Waals surface area contributed by atoms with Gasteiger partial charge in [0.1, 0.15) is 11.5 Å². The Balaban J connectivity index is 1.86. The summed E-state index contributed by atoms with van der Waals surface area (Å²) in [5.74, 6) is -0.370. The van der Waals surface area contributed by atoms with Gasteiger partial charge in [-0.05, 0) is 75.1 Å². The molecule has 6 nitrogen and oxygen atoms in total. The van der Waals surface area contributed by atoms with Crippen LogP contribution in [0.4, 0.5) is 5.69 Å². The van der Waals surface area contributed by atoms with Crippen LogP contribution in [0.2, 0.25) is 0 Å². The lowest BCUT2D eigenvalue weighted by molar-refractivity contribution is -0.131. The van der Waals surface area contributed by atoms with Crippen LogP contribution in [0, 0.1) is 20.8 Å². The first kappa shape index (κ1) is 18.8. The monoisotopic (exact) mass is 369 g/mol. The third kappa shape index (κ3) is 3.23. The molecule has 1 aliphatic heterocycles. The number of carboxylic acid groups (broad SMARTS) is 1. The number of ether oxygens (including phenoxy) is 1. The van der Waals surface area contributed by atoms with Gasteiger partial charge in [-0.1, -0.05) is 0 Å². The molecule has 0 aliphatic carbocycles. The number of fused-ring (bicyclic) bond motifs is 1. The topological polar surface area (TPSA) is 95.9 Å². The Kier molecular flexibility index (Phi) is 4.59. The van der Waals surface area contributed by atoms with E-state index in [4.69, 9.17) is 9.84 Å². The molecule has 1 amide bonds. The molecular formula is C21H23NO5. The number of hydrogen-bond donors (Lipinski definition) is 3. The molecule has 0 saturated carbocycles. The van der Waals surface area contributed by atoms with E-state index in [-0.39, 0.29) is 17.2 Å². The number of carbonyl (C=O) groups excluding carboxylic acids is 1. The molecule has 1 atom stereocenters. The summed E-state index contributed by atoms with van der Waals surface area (Å²) in [6.07, 6.45) is 1.10. The molecule has 0 bridgehead atoms. The highest BCUT2D eigenvalue weighted by Gasteiger charge is 2.40. The van der Waals surface area contributed by atoms with Gasteiger partial charge in [-0.3, -0.25) is 4.79 Å². The van der Waals surface area contributed by atoms with Crippen molar-refractivity contribution in [1.29, 1.82) is 0 Å². The van der Waals surface area contributed by atoms with Crippen molar-refractivity contribution in [2.24, 2.45) is 0 Å². The second-order valence-electron chi connectivity index (χ2n) is 7.20. The maximum absolute atomic E-state index is 12.9. The molecule has 3 N–H and O–H groups in total. The minimum Gasteiger partial charge on any atom is -0.507 e. The summed E-state index contributed by atoms with van der Waals surface area (Å²) in [5.41, 5.74) is 2.92. The van der Waals surface area contributed by atoms with Crippen LogP contribution < -0.4 is 10.1 Å². The predicted molar refractivity (Wildman–Crippen MR) is 102 cm³/mol. The normalized spacial score (nSPS) is 18.4. The summed E-state index contributed by atoms with van der Waals surface area (Å²) in [5, 5.41) is 22.0. The largest absolute Gasteiger partial charge is 0.507 e. The van der Waals surface area contributed by atoms with Gasteiger partial charge in [0.15, 0.2) is 5.60 Å². The molecule has 3 rings (SSSR count). The summed E-state index contributed by atoms with van der Waals surface area (Å²) < 4.78 is 6.15. The number of aromatic carboxylic acids is 1. The second-order valence-corrected chi connectivity index (χ2v) is 7.20. The number of anilines is 1. The zero-order valence-electron chi connectivity index (χ0n) is 15.8. The predicted octanol–water partition coefficient (Wildman–Crippen LogP) is 3.74. The van der Waals surface area contributed by atoms with E-state index in [1.807, 2.05) is 20.8 Å². The zero-order chi connectivity index (χ0) is 19.9. The van der Waals surface area contributed by atoms with Crippen LogP contribution in [-0.2, 0) is 11.2 Å². The van der Waals surface area contributed by atoms with Crippen molar-refractivity contribution in [2.75, 3.05) is 5.32 Å². The van der Waals surface area contributed by atoms with E-state index in [2.05, 4.69) is 5.32 Å². The SMILES string of the molecule is Cc1c(C)c2c(c(C)c1O)CCC(C)(C(=O)Nc1ccc(C(=O)O)cc1)O2. The van der Waals surface area contributed by atoms with Crippen molar-refractivity contribution >= 4 is 17.6 Å². The highest BCUT2D eigenvalue weighted by Crippen LogP contribution is 2.43. The average molecular weight is 369 g/mol. The summed E-state index contributed by atoms with van der Waals surface area (Å²) in [4.78, 5) is 23.8. The fraction of sp³-hybridized carbons (Fsp3) is 0.333. The molecule has 1 unspecified atom stereocenters. The number of phenols is 1. The van der Waals surface area contributed by atoms with Crippen LogP contribution in [0.5, 0.6) is 11.5 Å². The third-order valence-corrected chi connectivity index (χ3v) is 5.39. The van der Waals surface area contributed by atoms with E-state index in [1.165, 1.54) is 12.1 Å². The number of nitrogens with one attached hydrogen (secondary N) is 1. The Morgan fingerprint density at radius 1 is 1.07 bits per heavy atom. The summed E-state index contributed by atoms with van der Waals surface area (Å²) in [6.45, 7) is 7.31. The molecular weight excluding hydrogens is 346 g/mol. The van der Waals surface area contributed by atoms with Gasteiger partial charge in [0.2, 0.25) is 0 Å². The van der Waals surface area contributed by atoms with E-state index < -0.39 is 11.6 Å². The van der Waals surface area contributed by atoms with Gasteiger partial charge < -0.3 is 20.3 Å². The summed E-state index contributed by atoms with van der Waals surface area (Å²) in [7, 11) is 0. The van der Waals surface area contributed by atoms with Crippen LogP contribution in [0.1, 0.15) is 46.0 Å². The van der Waals surface area contributed by atoms with Crippen molar-refractivity contribution in [3.8, 4) is 11.5 Å². The maximum atomic E-state index is 12.9. The Morgan fingerprint density at radius 3 is 2.30 bits per heavy atom. The van der Waals surface area contributed by atoms with Crippen molar-refractivity contribution in [3.05, 3.63) is 52.1 Å². The van der Waals surface area contributed by atoms with Gasteiger partial charge in [-0.15, -0.1) is 0 Å². The first-order valence-corrected chi connectivity index (χ1v) is 8.79. The third-order valence-electron chi connectivity index (χ3n) is 5.39. The van der Waals surface area contributed by atoms with E-state index in [9.17, 15) is 14.7 Å². The lowest BCUT2D eigenvalue weighted by atomic mass is 9.86. The lowest BCUT2D eigenvalue weighted by Gasteiger charge is -2.36. The molecule has 2 aromatic rings. The number of benzene rings is 2. The van der Waals surface area contributed by atoms with E-state index in [0.29, 0.717) is 24.3 Å². The Bertz CT molecular complexity index is 933. The van der Waals surface area contributed by atoms with Crippen molar-refractivity contribution < 1.29 is 24.5 Å². The molecule has 0 aromatic heterocycles. The van der Waals surface area contributed by atoms with Crippen LogP contribution >= 0.6 is 0 Å². The number of carbonyl (C=O) groups is 2. The van der Waals surface area contributed by atoms with Crippen molar-refractivity contribution in [1.82, 2.24) is 0 Å². The number of phenolic OH excluding ortho intramolecular Hbond substituents is 1. The Labute approximate surface area is 157 Å². The number of hydrogen-bond acceptors (Lipinski definition) is 4. The van der Waals surface area contributed by atoms with E-state index in [1.54, 1.807) is 19.1 Å². The fourth-order valence-corrected chi connectivity index (χ4v) is 3.37. The molecule has 27 heavy (non-hydrogen) atoms. The van der Waals surface area contributed by atoms with E-state index >= 15 is 0 Å². The molecule has 0 saturated heterocycles. The maximum Gasteiger partial charge on any atom is 0.335 e. The molecule has 6 heteroatoms. The van der Waals surface area contributed by atoms with Crippen LogP contribution in [-0.4, -0.2) is 27.7 Å². The number of rotatable bonds is 3. The minimum absolute atomic E-state index is 0.156. The molecule has 0 fully saturated rings. The quantitative estimate of drug-likeness (QED) is 0.766. The molecule has 1 aliphatic rings. The summed E-state index contributed by atoms with van der Waals surface area (Å²) in [6, 6.07) is 5.99. The van der Waals surface area contributed by atoms with E-state index in [0.717, 1.165) is 22.3 Å². The first-order chi connectivity index (χ1) is 12.6. The number of amides is 1. The smallest absolute Gasteiger partial charge is 0.335 e. The summed E-state index contributed by atoms with van der Waals surface area (Å²) >= 11 is 0. The van der Waals surface area contributed by atoms with Crippen LogP contribution in [0.15, 0.2) is 24.3 Å².